The number of alkyl halides is 2. The number of halogens is 4. The molecular weight excluding hydrogens is 710 g/mol. The van der Waals surface area contributed by atoms with E-state index in [1.807, 2.05) is 10.8 Å². The van der Waals surface area contributed by atoms with Gasteiger partial charge in [-0.25, -0.2) is 31.9 Å². The summed E-state index contributed by atoms with van der Waals surface area (Å²) in [6, 6.07) is 12.5. The zero-order valence-electron chi connectivity index (χ0n) is 22.6. The topological polar surface area (TPSA) is 53.0 Å². The Hall–Kier alpha value is -2.58. The third-order valence-corrected chi connectivity index (χ3v) is 8.44. The lowest BCUT2D eigenvalue weighted by atomic mass is 9.92. The minimum atomic E-state index is -0.540. The molecule has 42 heavy (non-hydrogen) atoms. The van der Waals surface area contributed by atoms with Gasteiger partial charge in [0.15, 0.2) is 10.0 Å². The number of ether oxygens (including phenoxy) is 2. The second kappa shape index (κ2) is 18.2. The quantitative estimate of drug-likeness (QED) is 0.103. The smallest absolute Gasteiger partial charge is 0.287 e. The molecule has 220 valence electrons. The average molecular weight is 739 g/mol. The van der Waals surface area contributed by atoms with E-state index in [2.05, 4.69) is 51.5 Å². The number of hydrogen-bond donors (Lipinski definition) is 0. The molecule has 1 saturated heterocycles. The highest BCUT2D eigenvalue weighted by molar-refractivity contribution is 9.09. The Morgan fingerprint density at radius 1 is 0.833 bits per heavy atom. The molecule has 5 rings (SSSR count). The average Bonchev–Trinajstić information content (AvgIpc) is 3.71. The molecule has 1 aliphatic rings. The van der Waals surface area contributed by atoms with Gasteiger partial charge in [0.2, 0.25) is 0 Å². The van der Waals surface area contributed by atoms with Crippen LogP contribution < -0.4 is 0 Å². The van der Waals surface area contributed by atoms with E-state index in [1.54, 1.807) is 24.3 Å². The summed E-state index contributed by atoms with van der Waals surface area (Å²) in [6.45, 7) is 17.4. The highest BCUT2D eigenvalue weighted by Gasteiger charge is 2.43. The van der Waals surface area contributed by atoms with Crippen LogP contribution in [0.15, 0.2) is 59.3 Å². The number of thiazole rings is 2. The molecule has 0 spiro atoms. The van der Waals surface area contributed by atoms with Crippen LogP contribution in [0.2, 0.25) is 0 Å². The number of rotatable bonds is 8. The van der Waals surface area contributed by atoms with E-state index in [0.717, 1.165) is 56.4 Å². The van der Waals surface area contributed by atoms with Crippen molar-refractivity contribution in [3.05, 3.63) is 104 Å². The molecule has 0 amide bonds. The minimum absolute atomic E-state index is 0.254. The lowest BCUT2D eigenvalue weighted by Crippen LogP contribution is -2.30. The van der Waals surface area contributed by atoms with E-state index in [-0.39, 0.29) is 11.6 Å². The third kappa shape index (κ3) is 10.3. The van der Waals surface area contributed by atoms with Gasteiger partial charge in [-0.05, 0) is 48.5 Å². The van der Waals surface area contributed by atoms with Crippen LogP contribution in [0.5, 0.6) is 0 Å². The largest absolute Gasteiger partial charge is 0.381 e. The van der Waals surface area contributed by atoms with Crippen molar-refractivity contribution in [2.45, 2.75) is 24.9 Å². The minimum Gasteiger partial charge on any atom is -0.381 e. The zero-order chi connectivity index (χ0) is 30.2. The van der Waals surface area contributed by atoms with Crippen LogP contribution >= 0.6 is 54.5 Å². The highest BCUT2D eigenvalue weighted by Crippen LogP contribution is 2.39. The summed E-state index contributed by atoms with van der Waals surface area (Å²) < 4.78 is 36.0. The zero-order valence-corrected chi connectivity index (χ0v) is 27.4. The molecule has 1 fully saturated rings. The monoisotopic (exact) mass is 736 g/mol. The van der Waals surface area contributed by atoms with Crippen molar-refractivity contribution < 1.29 is 18.3 Å². The standard InChI is InChI=1S/C15H13FN2OS.C11H7FN2S.C4H8Br2O/c1-17-15(6-8-19-9-7-15)14-18-13(10-20-14)11-2-4-12(16)5-3-11;1-13-6-11-14-10(7-15-11)8-2-4-9(12)5-3-8;5-1-3-7-4-2-6/h2-5,10H,6-9H2;2-5,7H,6H2;1-4H2. The summed E-state index contributed by atoms with van der Waals surface area (Å²) in [4.78, 5) is 16.0. The molecule has 0 unspecified atom stereocenters. The predicted octanol–water partition coefficient (Wildman–Crippen LogP) is 9.04. The number of hydrogen-bond acceptors (Lipinski definition) is 6. The molecule has 2 aromatic carbocycles. The summed E-state index contributed by atoms with van der Waals surface area (Å²) in [7, 11) is 0. The van der Waals surface area contributed by atoms with Crippen LogP contribution in [-0.2, 0) is 21.6 Å². The van der Waals surface area contributed by atoms with E-state index >= 15 is 0 Å². The number of aromatic nitrogens is 2. The first-order valence-corrected chi connectivity index (χ1v) is 16.9. The second-order valence-electron chi connectivity index (χ2n) is 8.74. The molecule has 0 bridgehead atoms. The summed E-state index contributed by atoms with van der Waals surface area (Å²) >= 11 is 9.44. The Morgan fingerprint density at radius 2 is 1.36 bits per heavy atom. The number of benzene rings is 2. The second-order valence-corrected chi connectivity index (χ2v) is 12.1. The molecule has 0 atom stereocenters. The first-order chi connectivity index (χ1) is 20.4. The maximum Gasteiger partial charge on any atom is 0.287 e. The maximum absolute atomic E-state index is 12.9. The molecule has 0 N–H and O–H groups in total. The van der Waals surface area contributed by atoms with Gasteiger partial charge in [0.05, 0.1) is 50.7 Å². The van der Waals surface area contributed by atoms with Crippen molar-refractivity contribution in [3.8, 4) is 22.5 Å². The Morgan fingerprint density at radius 3 is 1.86 bits per heavy atom. The molecule has 2 aromatic heterocycles. The highest BCUT2D eigenvalue weighted by atomic mass is 79.9. The maximum atomic E-state index is 12.9. The lowest BCUT2D eigenvalue weighted by molar-refractivity contribution is 0.0646. The SMILES string of the molecule is BrCCOCCBr.[C-]#[N+]C1(c2nc(-c3ccc(F)cc3)cs2)CCOCC1.[C-]#[N+]Cc1nc(-c2ccc(F)cc2)cs1. The fourth-order valence-corrected chi connectivity index (χ4v) is 5.96. The van der Waals surface area contributed by atoms with Crippen molar-refractivity contribution in [1.29, 1.82) is 0 Å². The first kappa shape index (κ1) is 33.9. The van der Waals surface area contributed by atoms with Gasteiger partial charge in [0, 0.05) is 32.5 Å². The molecule has 0 aliphatic carbocycles. The van der Waals surface area contributed by atoms with E-state index in [1.165, 1.54) is 46.9 Å². The van der Waals surface area contributed by atoms with E-state index < -0.39 is 5.54 Å². The van der Waals surface area contributed by atoms with Crippen LogP contribution in [0, 0.1) is 24.8 Å². The summed E-state index contributed by atoms with van der Waals surface area (Å²) in [6.07, 6.45) is 1.37. The van der Waals surface area contributed by atoms with Gasteiger partial charge in [-0.15, -0.1) is 22.7 Å². The van der Waals surface area contributed by atoms with Crippen molar-refractivity contribution in [2.24, 2.45) is 0 Å². The molecular formula is C30H28Br2F2N4O2S2. The van der Waals surface area contributed by atoms with E-state index in [4.69, 9.17) is 22.6 Å². The van der Waals surface area contributed by atoms with Crippen LogP contribution in [0.4, 0.5) is 8.78 Å². The van der Waals surface area contributed by atoms with E-state index in [0.29, 0.717) is 32.6 Å². The van der Waals surface area contributed by atoms with Crippen LogP contribution in [0.1, 0.15) is 22.9 Å². The summed E-state index contributed by atoms with van der Waals surface area (Å²) in [5.41, 5.74) is 2.82. The van der Waals surface area contributed by atoms with Crippen LogP contribution in [0.25, 0.3) is 32.2 Å². The Bertz CT molecular complexity index is 1440. The van der Waals surface area contributed by atoms with Gasteiger partial charge in [0.25, 0.3) is 12.1 Å². The van der Waals surface area contributed by atoms with E-state index in [9.17, 15) is 8.78 Å². The third-order valence-electron chi connectivity index (χ3n) is 5.93. The fourth-order valence-electron chi connectivity index (χ4n) is 3.74. The molecule has 0 radical (unpaired) electrons. The summed E-state index contributed by atoms with van der Waals surface area (Å²) in [5, 5.41) is 7.32. The van der Waals surface area contributed by atoms with Gasteiger partial charge in [-0.3, -0.25) is 0 Å². The number of nitrogens with zero attached hydrogens (tertiary/aromatic N) is 4. The van der Waals surface area contributed by atoms with Gasteiger partial charge in [0.1, 0.15) is 11.6 Å². The van der Waals surface area contributed by atoms with Crippen molar-refractivity contribution in [1.82, 2.24) is 9.97 Å². The molecule has 4 aromatic rings. The van der Waals surface area contributed by atoms with Crippen LogP contribution in [-0.4, -0.2) is 47.1 Å². The lowest BCUT2D eigenvalue weighted by Gasteiger charge is -2.24. The molecule has 1 aliphatic heterocycles. The Kier molecular flexibility index (Phi) is 14.7. The van der Waals surface area contributed by atoms with Crippen molar-refractivity contribution in [2.75, 3.05) is 37.1 Å². The molecule has 12 heteroatoms. The predicted molar refractivity (Wildman–Crippen MR) is 172 cm³/mol. The van der Waals surface area contributed by atoms with Gasteiger partial charge in [-0.1, -0.05) is 31.9 Å². The first-order valence-electron chi connectivity index (χ1n) is 12.9. The van der Waals surface area contributed by atoms with Gasteiger partial charge < -0.3 is 19.2 Å². The van der Waals surface area contributed by atoms with Crippen molar-refractivity contribution >= 4 is 54.5 Å². The van der Waals surface area contributed by atoms with Gasteiger partial charge in [-0.2, -0.15) is 0 Å². The van der Waals surface area contributed by atoms with Crippen LogP contribution in [0.3, 0.4) is 0 Å². The molecule has 6 nitrogen and oxygen atoms in total. The van der Waals surface area contributed by atoms with Crippen molar-refractivity contribution in [3.63, 3.8) is 0 Å². The van der Waals surface area contributed by atoms with Gasteiger partial charge >= 0.3 is 0 Å². The Balaban J connectivity index is 0.000000194. The molecule has 0 saturated carbocycles. The summed E-state index contributed by atoms with van der Waals surface area (Å²) in [5.74, 6) is -0.512. The molecule has 3 heterocycles. The Labute approximate surface area is 269 Å². The fraction of sp³-hybridized carbons (Fsp3) is 0.333. The normalized spacial score (nSPS) is 13.5.